The van der Waals surface area contributed by atoms with Crippen LogP contribution < -0.4 is 20.1 Å². The summed E-state index contributed by atoms with van der Waals surface area (Å²) in [6, 6.07) is 5.67. The van der Waals surface area contributed by atoms with Crippen molar-refractivity contribution in [1.29, 1.82) is 0 Å². The van der Waals surface area contributed by atoms with Gasteiger partial charge in [-0.1, -0.05) is 38.5 Å². The zero-order chi connectivity index (χ0) is 34.2. The summed E-state index contributed by atoms with van der Waals surface area (Å²) in [5.41, 5.74) is 2.61. The first-order valence-corrected chi connectivity index (χ1v) is 18.2. The predicted octanol–water partition coefficient (Wildman–Crippen LogP) is 5.78. The van der Waals surface area contributed by atoms with Crippen molar-refractivity contribution in [3.8, 4) is 5.75 Å². The molecule has 1 aromatic heterocycles. The lowest BCUT2D eigenvalue weighted by molar-refractivity contribution is -0.355. The molecule has 0 saturated carbocycles. The fourth-order valence-electron chi connectivity index (χ4n) is 4.69. The lowest BCUT2D eigenvalue weighted by atomic mass is 9.86. The Kier molecular flexibility index (Phi) is 13.2. The molecular weight excluding hydrogens is 592 g/mol. The van der Waals surface area contributed by atoms with Gasteiger partial charge in [0.15, 0.2) is 8.32 Å². The van der Waals surface area contributed by atoms with Gasteiger partial charge in [-0.05, 0) is 95.3 Å². The van der Waals surface area contributed by atoms with Gasteiger partial charge in [-0.2, -0.15) is 5.69 Å². The van der Waals surface area contributed by atoms with Crippen LogP contribution in [0, 0.1) is 5.92 Å². The second kappa shape index (κ2) is 15.7. The Balaban J connectivity index is 2.51. The molecule has 1 aromatic carbocycles. The van der Waals surface area contributed by atoms with E-state index in [4.69, 9.17) is 28.4 Å². The molecule has 11 heteroatoms. The Bertz CT molecular complexity index is 1380. The summed E-state index contributed by atoms with van der Waals surface area (Å²) in [5.74, 6) is -1.44. The second-order valence-corrected chi connectivity index (χ2v) is 18.3. The van der Waals surface area contributed by atoms with Crippen molar-refractivity contribution in [2.24, 2.45) is 5.92 Å². The van der Waals surface area contributed by atoms with E-state index in [1.165, 1.54) is 14.2 Å². The molecule has 1 atom stereocenters. The maximum Gasteiger partial charge on any atom is 0.407 e. The first kappa shape index (κ1) is 37.7. The Morgan fingerprint density at radius 2 is 1.71 bits per heavy atom. The van der Waals surface area contributed by atoms with Crippen LogP contribution >= 0.6 is 0 Å². The first-order chi connectivity index (χ1) is 20.9. The molecule has 1 amide bonds. The van der Waals surface area contributed by atoms with E-state index in [0.29, 0.717) is 31.6 Å². The van der Waals surface area contributed by atoms with Gasteiger partial charge in [-0.3, -0.25) is 0 Å². The zero-order valence-electron chi connectivity index (χ0n) is 29.1. The summed E-state index contributed by atoms with van der Waals surface area (Å²) in [6.07, 6.45) is 2.68. The highest BCUT2D eigenvalue weighted by Gasteiger charge is 2.38. The van der Waals surface area contributed by atoms with Crippen LogP contribution in [0.5, 0.6) is 5.75 Å². The number of fused-ring (bicyclic) bond motifs is 1. The van der Waals surface area contributed by atoms with Gasteiger partial charge < -0.3 is 38.8 Å². The van der Waals surface area contributed by atoms with Crippen molar-refractivity contribution in [1.82, 2.24) is 10.3 Å². The highest BCUT2D eigenvalue weighted by atomic mass is 28.4. The smallest absolute Gasteiger partial charge is 0.407 e. The maximum atomic E-state index is 13.0. The van der Waals surface area contributed by atoms with Gasteiger partial charge in [0.05, 0.1) is 32.3 Å². The minimum absolute atomic E-state index is 0.0266. The third-order valence-electron chi connectivity index (χ3n) is 8.23. The van der Waals surface area contributed by atoms with E-state index >= 15 is 0 Å². The molecule has 1 heterocycles. The molecule has 0 saturated heterocycles. The molecule has 1 N–H and O–H groups in total. The summed E-state index contributed by atoms with van der Waals surface area (Å²) in [5, 5.41) is 16.7. The SMILES string of the molecule is C/C=C(/CO[Si](C)(C)C(C)(C)C)[C@H](CCc1[n-]c2ccc(OC)cc2c1CCNC(=O)OC(C)(C)C)/C(C(=O)OC)=C(\[O-])OC. The second-order valence-electron chi connectivity index (χ2n) is 13.5. The molecule has 0 aliphatic rings. The van der Waals surface area contributed by atoms with Gasteiger partial charge in [0.1, 0.15) is 11.4 Å². The number of aryl methyl sites for hydroxylation is 1. The van der Waals surface area contributed by atoms with Gasteiger partial charge in [-0.25, -0.2) is 9.59 Å². The number of esters is 1. The maximum absolute atomic E-state index is 13.0. The number of benzene rings is 1. The van der Waals surface area contributed by atoms with Gasteiger partial charge in [0.25, 0.3) is 0 Å². The van der Waals surface area contributed by atoms with Crippen LogP contribution in [0.25, 0.3) is 10.9 Å². The standard InChI is InChI=1S/C34H53N2O8Si/c1-13-22(21-43-45(11,12)34(5,6)7)24(29(30(37)41-9)31(38)42-10)15-17-27-25(18-19-35-32(39)44-33(2,3)4)26-20-23(40-8)14-16-28(26)36-27/h13-14,16,20,24H,15,17-19,21H2,1-12H3,(H,35,39)(H,37,38)/q-1/p-1/b22-13-/t24-/m0/s1. The minimum Gasteiger partial charge on any atom is -0.661 e. The van der Waals surface area contributed by atoms with E-state index in [1.54, 1.807) is 7.11 Å². The average Bonchev–Trinajstić information content (AvgIpc) is 3.30. The van der Waals surface area contributed by atoms with Crippen LogP contribution in [0.3, 0.4) is 0 Å². The molecule has 0 radical (unpaired) electrons. The first-order valence-electron chi connectivity index (χ1n) is 15.3. The number of amides is 1. The monoisotopic (exact) mass is 644 g/mol. The zero-order valence-corrected chi connectivity index (χ0v) is 30.1. The molecule has 0 aliphatic heterocycles. The van der Waals surface area contributed by atoms with Crippen molar-refractivity contribution in [3.05, 3.63) is 52.6 Å². The number of allylic oxidation sites excluding steroid dienone is 1. The molecule has 2 rings (SSSR count). The summed E-state index contributed by atoms with van der Waals surface area (Å²) in [6.45, 7) is 18.7. The number of nitrogens with one attached hydrogen (secondary N) is 1. The van der Waals surface area contributed by atoms with Gasteiger partial charge in [0.2, 0.25) is 0 Å². The summed E-state index contributed by atoms with van der Waals surface area (Å²) < 4.78 is 27.5. The van der Waals surface area contributed by atoms with E-state index in [0.717, 1.165) is 27.7 Å². The van der Waals surface area contributed by atoms with Gasteiger partial charge >= 0.3 is 12.1 Å². The van der Waals surface area contributed by atoms with Crippen molar-refractivity contribution in [3.63, 3.8) is 0 Å². The summed E-state index contributed by atoms with van der Waals surface area (Å²) >= 11 is 0. The number of ether oxygens (including phenoxy) is 4. The molecule has 0 fully saturated rings. The molecule has 45 heavy (non-hydrogen) atoms. The van der Waals surface area contributed by atoms with Crippen LogP contribution in [0.4, 0.5) is 4.79 Å². The largest absolute Gasteiger partial charge is 0.661 e. The van der Waals surface area contributed by atoms with E-state index in [2.05, 4.69) is 39.2 Å². The van der Waals surface area contributed by atoms with Gasteiger partial charge in [0, 0.05) is 12.5 Å². The number of hydrogen-bond acceptors (Lipinski definition) is 8. The molecule has 10 nitrogen and oxygen atoms in total. The number of alkyl carbamates (subject to hydrolysis) is 1. The summed E-state index contributed by atoms with van der Waals surface area (Å²) in [4.78, 5) is 30.3. The number of rotatable bonds is 14. The van der Waals surface area contributed by atoms with Crippen molar-refractivity contribution >= 4 is 31.3 Å². The molecule has 0 aliphatic carbocycles. The summed E-state index contributed by atoms with van der Waals surface area (Å²) in [7, 11) is 1.95. The molecule has 0 unspecified atom stereocenters. The van der Waals surface area contributed by atoms with E-state index in [1.807, 2.05) is 52.0 Å². The highest BCUT2D eigenvalue weighted by Crippen LogP contribution is 2.38. The number of hydrogen-bond donors (Lipinski definition) is 1. The number of nitrogens with zero attached hydrogens (tertiary/aromatic N) is 1. The molecule has 0 spiro atoms. The van der Waals surface area contributed by atoms with Crippen LogP contribution in [-0.4, -0.2) is 60.5 Å². The van der Waals surface area contributed by atoms with Crippen LogP contribution in [0.2, 0.25) is 18.1 Å². The Morgan fingerprint density at radius 1 is 1.04 bits per heavy atom. The van der Waals surface area contributed by atoms with Crippen molar-refractivity contribution in [2.45, 2.75) is 91.5 Å². The average molecular weight is 645 g/mol. The van der Waals surface area contributed by atoms with Crippen LogP contribution in [-0.2, 0) is 36.3 Å². The predicted molar refractivity (Wildman–Crippen MR) is 177 cm³/mol. The van der Waals surface area contributed by atoms with Crippen molar-refractivity contribution in [2.75, 3.05) is 34.5 Å². The molecule has 0 bridgehead atoms. The van der Waals surface area contributed by atoms with Crippen LogP contribution in [0.15, 0.2) is 41.4 Å². The van der Waals surface area contributed by atoms with Crippen LogP contribution in [0.1, 0.15) is 66.1 Å². The minimum atomic E-state index is -2.15. The Labute approximate surface area is 269 Å². The molecule has 252 valence electrons. The number of aromatic nitrogens is 1. The fourth-order valence-corrected chi connectivity index (χ4v) is 5.65. The van der Waals surface area contributed by atoms with E-state index in [-0.39, 0.29) is 17.2 Å². The number of methoxy groups -OCH3 is 3. The topological polar surface area (TPSA) is 129 Å². The lowest BCUT2D eigenvalue weighted by Crippen LogP contribution is -2.41. The normalized spacial score (nSPS) is 14.1. The molecule has 2 aromatic rings. The third kappa shape index (κ3) is 10.3. The fraction of sp³-hybridized carbons (Fsp3) is 0.588. The van der Waals surface area contributed by atoms with Crippen molar-refractivity contribution < 1.29 is 38.1 Å². The van der Waals surface area contributed by atoms with Gasteiger partial charge in [-0.15, -0.1) is 5.52 Å². The highest BCUT2D eigenvalue weighted by molar-refractivity contribution is 6.74. The van der Waals surface area contributed by atoms with E-state index in [9.17, 15) is 14.7 Å². The number of carbonyl (C=O) groups excluding carboxylic acids is 2. The number of carbonyl (C=O) groups is 2. The quantitative estimate of drug-likeness (QED) is 0.0894. The Hall–Kier alpha value is -3.44. The molecular formula is C34H52N2O8Si-2. The lowest BCUT2D eigenvalue weighted by Gasteiger charge is -2.37. The van der Waals surface area contributed by atoms with E-state index < -0.39 is 37.8 Å². The third-order valence-corrected chi connectivity index (χ3v) is 12.7. The Morgan fingerprint density at radius 3 is 2.24 bits per heavy atom.